The van der Waals surface area contributed by atoms with Crippen molar-refractivity contribution in [2.24, 2.45) is 0 Å². The number of carbonyl (C=O) groups excluding carboxylic acids is 1. The first-order valence-corrected chi connectivity index (χ1v) is 5.09. The van der Waals surface area contributed by atoms with Crippen molar-refractivity contribution in [1.82, 2.24) is 0 Å². The van der Waals surface area contributed by atoms with Crippen molar-refractivity contribution in [2.75, 3.05) is 34.3 Å². The molecule has 0 rings (SSSR count). The fraction of sp³-hybridized carbons (Fsp3) is 0.889. The second-order valence-electron chi connectivity index (χ2n) is 4.62. The van der Waals surface area contributed by atoms with Crippen molar-refractivity contribution in [3.05, 3.63) is 0 Å². The lowest BCUT2D eigenvalue weighted by molar-refractivity contribution is -0.870. The molecule has 0 aromatic heterocycles. The molecule has 0 aliphatic heterocycles. The van der Waals surface area contributed by atoms with Gasteiger partial charge < -0.3 is 9.22 Å². The van der Waals surface area contributed by atoms with Crippen molar-refractivity contribution in [3.8, 4) is 0 Å². The smallest absolute Gasteiger partial charge is 0.322 e. The van der Waals surface area contributed by atoms with Gasteiger partial charge in [0, 0.05) is 0 Å². The molecule has 4 heteroatoms. The van der Waals surface area contributed by atoms with E-state index in [0.29, 0.717) is 6.61 Å². The zero-order valence-electron chi connectivity index (χ0n) is 9.06. The number of esters is 1. The third-order valence-electron chi connectivity index (χ3n) is 1.48. The number of hydrogen-bond acceptors (Lipinski definition) is 2. The standard InChI is InChI=1S/C9H19BrNO2/c1-9(2,10)8(12)13-7-6-11(3,4)5/h6-7H2,1-5H3/q+1. The first-order valence-electron chi connectivity index (χ1n) is 4.29. The lowest BCUT2D eigenvalue weighted by atomic mass is 10.2. The van der Waals surface area contributed by atoms with Crippen molar-refractivity contribution in [2.45, 2.75) is 18.2 Å². The zero-order valence-corrected chi connectivity index (χ0v) is 10.6. The Bertz CT molecular complexity index is 179. The molecule has 0 aliphatic rings. The molecule has 78 valence electrons. The minimum Gasteiger partial charge on any atom is -0.459 e. The number of halogens is 1. The number of quaternary nitrogens is 1. The Morgan fingerprint density at radius 1 is 1.38 bits per heavy atom. The highest BCUT2D eigenvalue weighted by atomic mass is 79.9. The molecule has 0 amide bonds. The fourth-order valence-electron chi connectivity index (χ4n) is 0.584. The molecule has 0 N–H and O–H groups in total. The monoisotopic (exact) mass is 252 g/mol. The van der Waals surface area contributed by atoms with Crippen LogP contribution in [0.15, 0.2) is 0 Å². The van der Waals surface area contributed by atoms with E-state index in [1.165, 1.54) is 0 Å². The minimum atomic E-state index is -0.572. The van der Waals surface area contributed by atoms with E-state index in [2.05, 4.69) is 37.1 Å². The Labute approximate surface area is 88.8 Å². The molecule has 0 aromatic carbocycles. The molecule has 0 aromatic rings. The predicted octanol–water partition coefficient (Wildman–Crippen LogP) is 1.41. The lowest BCUT2D eigenvalue weighted by Gasteiger charge is -2.24. The summed E-state index contributed by atoms with van der Waals surface area (Å²) >= 11 is 3.24. The van der Waals surface area contributed by atoms with Crippen molar-refractivity contribution in [1.29, 1.82) is 0 Å². The van der Waals surface area contributed by atoms with E-state index in [-0.39, 0.29) is 5.97 Å². The highest BCUT2D eigenvalue weighted by molar-refractivity contribution is 9.10. The quantitative estimate of drug-likeness (QED) is 0.430. The molecule has 3 nitrogen and oxygen atoms in total. The van der Waals surface area contributed by atoms with Gasteiger partial charge in [0.05, 0.1) is 21.1 Å². The van der Waals surface area contributed by atoms with Gasteiger partial charge in [-0.3, -0.25) is 4.79 Å². The van der Waals surface area contributed by atoms with Gasteiger partial charge in [-0.25, -0.2) is 0 Å². The summed E-state index contributed by atoms with van der Waals surface area (Å²) in [6.45, 7) is 4.86. The average Bonchev–Trinajstić information content (AvgIpc) is 1.82. The van der Waals surface area contributed by atoms with Crippen LogP contribution in [0.25, 0.3) is 0 Å². The van der Waals surface area contributed by atoms with Crippen LogP contribution >= 0.6 is 15.9 Å². The van der Waals surface area contributed by atoms with Gasteiger partial charge in [-0.05, 0) is 13.8 Å². The summed E-state index contributed by atoms with van der Waals surface area (Å²) in [5.41, 5.74) is 0. The number of ether oxygens (including phenoxy) is 1. The van der Waals surface area contributed by atoms with Gasteiger partial charge in [0.2, 0.25) is 0 Å². The van der Waals surface area contributed by atoms with Gasteiger partial charge in [0.15, 0.2) is 0 Å². The average molecular weight is 253 g/mol. The molecule has 0 bridgehead atoms. The second kappa shape index (κ2) is 4.42. The van der Waals surface area contributed by atoms with Gasteiger partial charge >= 0.3 is 5.97 Å². The molecule has 0 saturated carbocycles. The van der Waals surface area contributed by atoms with E-state index in [4.69, 9.17) is 4.74 Å². The topological polar surface area (TPSA) is 26.3 Å². The Hall–Kier alpha value is -0.0900. The molecule has 0 atom stereocenters. The van der Waals surface area contributed by atoms with Crippen LogP contribution in [0.4, 0.5) is 0 Å². The molecular formula is C9H19BrNO2+. The lowest BCUT2D eigenvalue weighted by Crippen LogP contribution is -2.39. The molecule has 0 unspecified atom stereocenters. The summed E-state index contributed by atoms with van der Waals surface area (Å²) in [5, 5.41) is 0. The van der Waals surface area contributed by atoms with Crippen molar-refractivity contribution in [3.63, 3.8) is 0 Å². The van der Waals surface area contributed by atoms with E-state index in [1.54, 1.807) is 13.8 Å². The van der Waals surface area contributed by atoms with Crippen LogP contribution in [0.1, 0.15) is 13.8 Å². The SMILES string of the molecule is CC(C)(Br)C(=O)OCC[N+](C)(C)C. The van der Waals surface area contributed by atoms with Gasteiger partial charge in [0.25, 0.3) is 0 Å². The molecule has 0 fully saturated rings. The summed E-state index contributed by atoms with van der Waals surface area (Å²) in [5.74, 6) is -0.207. The van der Waals surface area contributed by atoms with E-state index in [0.717, 1.165) is 11.0 Å². The van der Waals surface area contributed by atoms with Crippen molar-refractivity contribution >= 4 is 21.9 Å². The van der Waals surface area contributed by atoms with E-state index in [9.17, 15) is 4.79 Å². The Morgan fingerprint density at radius 2 is 1.85 bits per heavy atom. The molecule has 0 spiro atoms. The Balaban J connectivity index is 3.74. The number of hydrogen-bond donors (Lipinski definition) is 0. The van der Waals surface area contributed by atoms with Gasteiger partial charge in [0.1, 0.15) is 17.5 Å². The van der Waals surface area contributed by atoms with Gasteiger partial charge in [-0.1, -0.05) is 15.9 Å². The summed E-state index contributed by atoms with van der Waals surface area (Å²) in [7, 11) is 6.19. The number of likely N-dealkylation sites (N-methyl/N-ethyl adjacent to an activating group) is 1. The van der Waals surface area contributed by atoms with E-state index < -0.39 is 4.32 Å². The maximum atomic E-state index is 11.3. The van der Waals surface area contributed by atoms with Crippen LogP contribution in [0.3, 0.4) is 0 Å². The first kappa shape index (κ1) is 12.9. The summed E-state index contributed by atoms with van der Waals surface area (Å²) in [6.07, 6.45) is 0. The number of carbonyl (C=O) groups is 1. The summed E-state index contributed by atoms with van der Waals surface area (Å²) in [4.78, 5) is 11.3. The van der Waals surface area contributed by atoms with Crippen LogP contribution in [-0.2, 0) is 9.53 Å². The van der Waals surface area contributed by atoms with Crippen LogP contribution in [0, 0.1) is 0 Å². The predicted molar refractivity (Wildman–Crippen MR) is 56.9 cm³/mol. The number of nitrogens with zero attached hydrogens (tertiary/aromatic N) is 1. The molecule has 0 radical (unpaired) electrons. The largest absolute Gasteiger partial charge is 0.459 e. The summed E-state index contributed by atoms with van der Waals surface area (Å²) < 4.78 is 5.31. The molecular weight excluding hydrogens is 234 g/mol. The molecule has 0 aliphatic carbocycles. The second-order valence-corrected chi connectivity index (χ2v) is 6.60. The van der Waals surface area contributed by atoms with E-state index in [1.807, 2.05) is 0 Å². The highest BCUT2D eigenvalue weighted by Gasteiger charge is 2.25. The molecule has 13 heavy (non-hydrogen) atoms. The maximum absolute atomic E-state index is 11.3. The third-order valence-corrected chi connectivity index (χ3v) is 1.80. The van der Waals surface area contributed by atoms with E-state index >= 15 is 0 Å². The minimum absolute atomic E-state index is 0.207. The first-order chi connectivity index (χ1) is 5.63. The van der Waals surface area contributed by atoms with Crippen LogP contribution in [0.5, 0.6) is 0 Å². The van der Waals surface area contributed by atoms with Gasteiger partial charge in [-0.2, -0.15) is 0 Å². The van der Waals surface area contributed by atoms with Gasteiger partial charge in [-0.15, -0.1) is 0 Å². The van der Waals surface area contributed by atoms with Crippen molar-refractivity contribution < 1.29 is 14.0 Å². The number of rotatable bonds is 4. The number of alkyl halides is 1. The highest BCUT2D eigenvalue weighted by Crippen LogP contribution is 2.17. The fourth-order valence-corrected chi connectivity index (χ4v) is 0.698. The Morgan fingerprint density at radius 3 is 2.15 bits per heavy atom. The normalized spacial score (nSPS) is 12.8. The molecule has 0 heterocycles. The molecule has 0 saturated heterocycles. The van der Waals surface area contributed by atoms with Crippen LogP contribution in [-0.4, -0.2) is 49.1 Å². The van der Waals surface area contributed by atoms with Crippen LogP contribution in [0.2, 0.25) is 0 Å². The zero-order chi connectivity index (χ0) is 10.7. The van der Waals surface area contributed by atoms with Crippen LogP contribution < -0.4 is 0 Å². The Kier molecular flexibility index (Phi) is 4.39. The maximum Gasteiger partial charge on any atom is 0.322 e. The third kappa shape index (κ3) is 7.02. The summed E-state index contributed by atoms with van der Waals surface area (Å²) in [6, 6.07) is 0.